The Morgan fingerprint density at radius 3 is 3.07 bits per heavy atom. The highest BCUT2D eigenvalue weighted by Gasteiger charge is 2.17. The Labute approximate surface area is 95.7 Å². The number of halogens is 1. The Hall–Kier alpha value is -0.0500. The van der Waals surface area contributed by atoms with Crippen LogP contribution in [0.3, 0.4) is 0 Å². The number of hydrogen-bond acceptors (Lipinski definition) is 2. The molecule has 0 saturated carbocycles. The third kappa shape index (κ3) is 4.45. The summed E-state index contributed by atoms with van der Waals surface area (Å²) in [6.45, 7) is 4.31. The second-order valence-corrected chi connectivity index (χ2v) is 4.76. The van der Waals surface area contributed by atoms with Crippen molar-refractivity contribution in [3.05, 3.63) is 0 Å². The summed E-state index contributed by atoms with van der Waals surface area (Å²) >= 11 is 3.41. The maximum atomic E-state index is 4.52. The molecule has 1 aliphatic heterocycles. The van der Waals surface area contributed by atoms with Gasteiger partial charge in [-0.1, -0.05) is 42.1 Å². The van der Waals surface area contributed by atoms with Crippen molar-refractivity contribution in [2.24, 2.45) is 10.9 Å². The minimum atomic E-state index is 0.819. The van der Waals surface area contributed by atoms with Crippen molar-refractivity contribution in [2.45, 2.75) is 39.0 Å². The molecule has 82 valence electrons. The fourth-order valence-electron chi connectivity index (χ4n) is 1.84. The fourth-order valence-corrected chi connectivity index (χ4v) is 2.04. The highest BCUT2D eigenvalue weighted by Crippen LogP contribution is 2.19. The molecule has 2 nitrogen and oxygen atoms in total. The summed E-state index contributed by atoms with van der Waals surface area (Å²) in [5, 5.41) is 4.36. The van der Waals surface area contributed by atoms with Crippen LogP contribution in [0.4, 0.5) is 0 Å². The molecule has 14 heavy (non-hydrogen) atoms. The van der Waals surface area contributed by atoms with Crippen LogP contribution in [0.2, 0.25) is 0 Å². The molecular formula is C11H21BrN2. The molecule has 3 heteroatoms. The molecular weight excluding hydrogens is 240 g/mol. The van der Waals surface area contributed by atoms with Crippen molar-refractivity contribution in [1.29, 1.82) is 0 Å². The summed E-state index contributed by atoms with van der Waals surface area (Å²) in [5.41, 5.74) is 0. The zero-order chi connectivity index (χ0) is 10.2. The summed E-state index contributed by atoms with van der Waals surface area (Å²) in [6.07, 6.45) is 6.61. The van der Waals surface area contributed by atoms with Crippen LogP contribution in [0.15, 0.2) is 4.99 Å². The maximum Gasteiger partial charge on any atom is 0.0966 e. The lowest BCUT2D eigenvalue weighted by atomic mass is 10.00. The van der Waals surface area contributed by atoms with E-state index in [2.05, 4.69) is 33.2 Å². The third-order valence-electron chi connectivity index (χ3n) is 2.66. The average molecular weight is 261 g/mol. The van der Waals surface area contributed by atoms with Crippen molar-refractivity contribution < 1.29 is 0 Å². The van der Waals surface area contributed by atoms with E-state index in [4.69, 9.17) is 0 Å². The summed E-state index contributed by atoms with van der Waals surface area (Å²) in [5.74, 6) is 2.05. The van der Waals surface area contributed by atoms with Gasteiger partial charge in [0.2, 0.25) is 0 Å². The van der Waals surface area contributed by atoms with Crippen molar-refractivity contribution in [2.75, 3.05) is 18.4 Å². The van der Waals surface area contributed by atoms with Gasteiger partial charge in [0.25, 0.3) is 0 Å². The number of rotatable bonds is 6. The lowest BCUT2D eigenvalue weighted by Crippen LogP contribution is -2.24. The molecule has 1 N–H and O–H groups in total. The second kappa shape index (κ2) is 7.27. The Balaban J connectivity index is 2.06. The monoisotopic (exact) mass is 260 g/mol. The van der Waals surface area contributed by atoms with Crippen LogP contribution < -0.4 is 5.32 Å². The number of unbranched alkanes of at least 4 members (excludes halogenated alkanes) is 2. The molecule has 1 heterocycles. The van der Waals surface area contributed by atoms with Crippen molar-refractivity contribution >= 4 is 21.8 Å². The number of nitrogens with one attached hydrogen (secondary N) is 1. The van der Waals surface area contributed by atoms with Crippen molar-refractivity contribution in [1.82, 2.24) is 5.32 Å². The molecule has 1 aliphatic rings. The molecule has 0 aliphatic carbocycles. The van der Waals surface area contributed by atoms with Crippen LogP contribution in [0, 0.1) is 5.92 Å². The largest absolute Gasteiger partial charge is 0.373 e. The summed E-state index contributed by atoms with van der Waals surface area (Å²) in [4.78, 5) is 4.52. The first-order chi connectivity index (χ1) is 6.86. The van der Waals surface area contributed by atoms with E-state index in [9.17, 15) is 0 Å². The van der Waals surface area contributed by atoms with E-state index >= 15 is 0 Å². The quantitative estimate of drug-likeness (QED) is 0.577. The van der Waals surface area contributed by atoms with E-state index in [1.165, 1.54) is 37.9 Å². The molecule has 0 aromatic heterocycles. The van der Waals surface area contributed by atoms with Crippen LogP contribution in [0.25, 0.3) is 0 Å². The summed E-state index contributed by atoms with van der Waals surface area (Å²) in [6, 6.07) is 0. The van der Waals surface area contributed by atoms with Gasteiger partial charge < -0.3 is 5.32 Å². The molecule has 0 amide bonds. The topological polar surface area (TPSA) is 24.4 Å². The van der Waals surface area contributed by atoms with Gasteiger partial charge in [0.05, 0.1) is 5.84 Å². The molecule has 1 rings (SSSR count). The standard InChI is InChI=1S/C11H21BrN2/c1-2-3-4-5-10-8-11(14-9-10)13-7-6-12/h10H,2-9H2,1H3,(H,13,14). The first kappa shape index (κ1) is 12.0. The number of nitrogens with zero attached hydrogens (tertiary/aromatic N) is 1. The van der Waals surface area contributed by atoms with Gasteiger partial charge in [0.1, 0.15) is 0 Å². The van der Waals surface area contributed by atoms with Gasteiger partial charge in [0.15, 0.2) is 0 Å². The average Bonchev–Trinajstić information content (AvgIpc) is 2.63. The SMILES string of the molecule is CCCCCC1CN=C(NCCBr)C1. The molecule has 0 saturated heterocycles. The van der Waals surface area contributed by atoms with Gasteiger partial charge in [-0.3, -0.25) is 4.99 Å². The van der Waals surface area contributed by atoms with E-state index in [0.29, 0.717) is 0 Å². The number of hydrogen-bond donors (Lipinski definition) is 1. The maximum absolute atomic E-state index is 4.52. The van der Waals surface area contributed by atoms with Gasteiger partial charge >= 0.3 is 0 Å². The van der Waals surface area contributed by atoms with Crippen LogP contribution >= 0.6 is 15.9 Å². The van der Waals surface area contributed by atoms with E-state index in [1.54, 1.807) is 0 Å². The van der Waals surface area contributed by atoms with Gasteiger partial charge in [-0.25, -0.2) is 0 Å². The van der Waals surface area contributed by atoms with Gasteiger partial charge in [-0.2, -0.15) is 0 Å². The highest BCUT2D eigenvalue weighted by atomic mass is 79.9. The predicted molar refractivity (Wildman–Crippen MR) is 66.3 cm³/mol. The summed E-state index contributed by atoms with van der Waals surface area (Å²) in [7, 11) is 0. The molecule has 0 fully saturated rings. The fraction of sp³-hybridized carbons (Fsp3) is 0.909. The molecule has 0 radical (unpaired) electrons. The first-order valence-corrected chi connectivity index (χ1v) is 6.82. The first-order valence-electron chi connectivity index (χ1n) is 5.70. The van der Waals surface area contributed by atoms with E-state index in [1.807, 2.05) is 0 Å². The molecule has 1 unspecified atom stereocenters. The van der Waals surface area contributed by atoms with Gasteiger partial charge in [-0.15, -0.1) is 0 Å². The summed E-state index contributed by atoms with van der Waals surface area (Å²) < 4.78 is 0. The third-order valence-corrected chi connectivity index (χ3v) is 3.06. The Morgan fingerprint density at radius 2 is 2.36 bits per heavy atom. The molecule has 0 aromatic rings. The molecule has 0 spiro atoms. The Kier molecular flexibility index (Phi) is 6.24. The molecule has 0 aromatic carbocycles. The van der Waals surface area contributed by atoms with Crippen LogP contribution in [0.1, 0.15) is 39.0 Å². The van der Waals surface area contributed by atoms with Gasteiger partial charge in [0, 0.05) is 24.8 Å². The number of alkyl halides is 1. The lowest BCUT2D eigenvalue weighted by molar-refractivity contribution is 0.501. The highest BCUT2D eigenvalue weighted by molar-refractivity contribution is 9.09. The van der Waals surface area contributed by atoms with Crippen LogP contribution in [-0.4, -0.2) is 24.3 Å². The normalized spacial score (nSPS) is 21.0. The van der Waals surface area contributed by atoms with E-state index in [-0.39, 0.29) is 0 Å². The minimum Gasteiger partial charge on any atom is -0.373 e. The molecule has 1 atom stereocenters. The van der Waals surface area contributed by atoms with E-state index < -0.39 is 0 Å². The second-order valence-electron chi connectivity index (χ2n) is 3.97. The van der Waals surface area contributed by atoms with E-state index in [0.717, 1.165) is 24.3 Å². The number of amidine groups is 1. The lowest BCUT2D eigenvalue weighted by Gasteiger charge is -2.08. The van der Waals surface area contributed by atoms with Crippen LogP contribution in [0.5, 0.6) is 0 Å². The van der Waals surface area contributed by atoms with Crippen molar-refractivity contribution in [3.8, 4) is 0 Å². The zero-order valence-corrected chi connectivity index (χ0v) is 10.6. The van der Waals surface area contributed by atoms with Crippen LogP contribution in [-0.2, 0) is 0 Å². The van der Waals surface area contributed by atoms with Crippen molar-refractivity contribution in [3.63, 3.8) is 0 Å². The Morgan fingerprint density at radius 1 is 1.50 bits per heavy atom. The zero-order valence-electron chi connectivity index (χ0n) is 9.06. The predicted octanol–water partition coefficient (Wildman–Crippen LogP) is 2.97. The minimum absolute atomic E-state index is 0.819. The Bertz CT molecular complexity index is 180. The number of aliphatic imine (C=N–C) groups is 1. The smallest absolute Gasteiger partial charge is 0.0966 e. The van der Waals surface area contributed by atoms with Gasteiger partial charge in [-0.05, 0) is 12.3 Å². The molecule has 0 bridgehead atoms.